The van der Waals surface area contributed by atoms with Crippen molar-refractivity contribution in [3.63, 3.8) is 0 Å². The van der Waals surface area contributed by atoms with Crippen molar-refractivity contribution in [1.82, 2.24) is 14.9 Å². The zero-order valence-corrected chi connectivity index (χ0v) is 17.2. The summed E-state index contributed by atoms with van der Waals surface area (Å²) in [6.07, 6.45) is 5.48. The molecule has 1 aliphatic heterocycles. The second-order valence-electron chi connectivity index (χ2n) is 7.63. The minimum absolute atomic E-state index is 0.0714. The van der Waals surface area contributed by atoms with Crippen LogP contribution in [0.3, 0.4) is 0 Å². The van der Waals surface area contributed by atoms with E-state index in [9.17, 15) is 19.6 Å². The van der Waals surface area contributed by atoms with E-state index in [1.807, 2.05) is 37.3 Å². The molecule has 1 saturated heterocycles. The van der Waals surface area contributed by atoms with E-state index in [0.717, 1.165) is 30.0 Å². The summed E-state index contributed by atoms with van der Waals surface area (Å²) in [4.78, 5) is 42.9. The monoisotopic (exact) mass is 412 g/mol. The minimum atomic E-state index is -0.592. The number of rotatable bonds is 9. The fourth-order valence-corrected chi connectivity index (χ4v) is 3.97. The summed E-state index contributed by atoms with van der Waals surface area (Å²) >= 11 is 0. The number of hydroxylamine groups is 2. The second kappa shape index (κ2) is 10.2. The molecule has 8 heteroatoms. The highest BCUT2D eigenvalue weighted by atomic mass is 16.5. The van der Waals surface area contributed by atoms with Gasteiger partial charge in [-0.3, -0.25) is 19.6 Å². The Morgan fingerprint density at radius 2 is 2.17 bits per heavy atom. The number of unbranched alkanes of at least 4 members (excludes halogenated alkanes) is 1. The van der Waals surface area contributed by atoms with Crippen molar-refractivity contribution in [1.29, 1.82) is 0 Å². The molecule has 30 heavy (non-hydrogen) atoms. The lowest BCUT2D eigenvalue weighted by molar-refractivity contribution is -0.157. The van der Waals surface area contributed by atoms with Gasteiger partial charge in [-0.2, -0.15) is 0 Å². The van der Waals surface area contributed by atoms with E-state index >= 15 is 0 Å². The largest absolute Gasteiger partial charge is 0.330 e. The zero-order valence-electron chi connectivity index (χ0n) is 17.2. The Kier molecular flexibility index (Phi) is 7.35. The van der Waals surface area contributed by atoms with Crippen molar-refractivity contribution in [2.24, 2.45) is 5.92 Å². The molecule has 2 aromatic rings. The summed E-state index contributed by atoms with van der Waals surface area (Å²) in [5.74, 6) is -0.533. The molecule has 1 aromatic carbocycles. The summed E-state index contributed by atoms with van der Waals surface area (Å²) in [6, 6.07) is 8.94. The number of pyridine rings is 1. The molecule has 1 aliphatic rings. The molecule has 0 saturated carbocycles. The molecular weight excluding hydrogens is 384 g/mol. The number of nitrogens with zero attached hydrogens (tertiary/aromatic N) is 3. The number of amides is 3. The maximum Gasteiger partial charge on any atom is 0.248 e. The zero-order chi connectivity index (χ0) is 21.5. The first-order valence-corrected chi connectivity index (χ1v) is 10.4. The SMILES string of the molecule is CCCC[C@H](CN(O)C=O)C(=O)N1CCCC1C(=O)Nc1nccc2ccccc12. The van der Waals surface area contributed by atoms with Gasteiger partial charge in [0.05, 0.1) is 12.5 Å². The normalized spacial score (nSPS) is 17.0. The molecular formula is C22H28N4O4. The smallest absolute Gasteiger partial charge is 0.248 e. The Morgan fingerprint density at radius 1 is 1.37 bits per heavy atom. The highest BCUT2D eigenvalue weighted by Gasteiger charge is 2.37. The highest BCUT2D eigenvalue weighted by Crippen LogP contribution is 2.25. The first kappa shape index (κ1) is 21.7. The summed E-state index contributed by atoms with van der Waals surface area (Å²) in [5, 5.41) is 14.8. The molecule has 0 aliphatic carbocycles. The average molecular weight is 412 g/mol. The molecule has 3 amide bonds. The van der Waals surface area contributed by atoms with Crippen LogP contribution in [0, 0.1) is 5.92 Å². The molecule has 160 valence electrons. The standard InChI is InChI=1S/C22H28N4O4/c1-2-3-7-17(14-25(30)15-27)22(29)26-13-6-10-19(26)21(28)24-20-18-9-5-4-8-16(18)11-12-23-20/h4-5,8-9,11-12,15,17,19,30H,2-3,6-7,10,13-14H2,1H3,(H,23,24,28)/t17-,19?/m1/s1. The van der Waals surface area contributed by atoms with Crippen LogP contribution in [0.15, 0.2) is 36.5 Å². The topological polar surface area (TPSA) is 103 Å². The lowest BCUT2D eigenvalue weighted by atomic mass is 9.99. The third kappa shape index (κ3) is 4.94. The summed E-state index contributed by atoms with van der Waals surface area (Å²) in [5.41, 5.74) is 0. The van der Waals surface area contributed by atoms with Gasteiger partial charge in [-0.25, -0.2) is 10.0 Å². The predicted molar refractivity (Wildman–Crippen MR) is 113 cm³/mol. The van der Waals surface area contributed by atoms with Gasteiger partial charge in [-0.15, -0.1) is 0 Å². The van der Waals surface area contributed by atoms with Crippen molar-refractivity contribution in [2.45, 2.75) is 45.1 Å². The molecule has 0 bridgehead atoms. The van der Waals surface area contributed by atoms with Crippen LogP contribution in [0.4, 0.5) is 5.82 Å². The van der Waals surface area contributed by atoms with Crippen molar-refractivity contribution in [3.05, 3.63) is 36.5 Å². The molecule has 3 rings (SSSR count). The van der Waals surface area contributed by atoms with Gasteiger partial charge in [-0.05, 0) is 30.7 Å². The van der Waals surface area contributed by atoms with Gasteiger partial charge in [0.15, 0.2) is 0 Å². The highest BCUT2D eigenvalue weighted by molar-refractivity contribution is 6.03. The van der Waals surface area contributed by atoms with Crippen molar-refractivity contribution in [3.8, 4) is 0 Å². The number of aromatic nitrogens is 1. The molecule has 2 N–H and O–H groups in total. The Morgan fingerprint density at radius 3 is 2.93 bits per heavy atom. The first-order valence-electron chi connectivity index (χ1n) is 10.4. The van der Waals surface area contributed by atoms with Crippen molar-refractivity contribution in [2.75, 3.05) is 18.4 Å². The third-order valence-electron chi connectivity index (χ3n) is 5.54. The maximum absolute atomic E-state index is 13.2. The number of hydrogen-bond donors (Lipinski definition) is 2. The maximum atomic E-state index is 13.2. The molecule has 8 nitrogen and oxygen atoms in total. The van der Waals surface area contributed by atoms with Crippen LogP contribution in [0.25, 0.3) is 10.8 Å². The van der Waals surface area contributed by atoms with Gasteiger partial charge in [0.2, 0.25) is 18.2 Å². The number of anilines is 1. The van der Waals surface area contributed by atoms with Gasteiger partial charge in [0, 0.05) is 18.1 Å². The van der Waals surface area contributed by atoms with Crippen LogP contribution >= 0.6 is 0 Å². The number of nitrogens with one attached hydrogen (secondary N) is 1. The van der Waals surface area contributed by atoms with Crippen molar-refractivity contribution >= 4 is 34.8 Å². The van der Waals surface area contributed by atoms with Gasteiger partial charge >= 0.3 is 0 Å². The lowest BCUT2D eigenvalue weighted by Gasteiger charge is -2.29. The Bertz CT molecular complexity index is 898. The molecule has 0 radical (unpaired) electrons. The quantitative estimate of drug-likeness (QED) is 0.375. The molecule has 2 heterocycles. The molecule has 0 spiro atoms. The number of fused-ring (bicyclic) bond motifs is 1. The molecule has 1 unspecified atom stereocenters. The fourth-order valence-electron chi connectivity index (χ4n) is 3.97. The third-order valence-corrected chi connectivity index (χ3v) is 5.54. The lowest BCUT2D eigenvalue weighted by Crippen LogP contribution is -2.47. The molecule has 1 aromatic heterocycles. The van der Waals surface area contributed by atoms with Crippen molar-refractivity contribution < 1.29 is 19.6 Å². The van der Waals surface area contributed by atoms with Crippen LogP contribution < -0.4 is 5.32 Å². The average Bonchev–Trinajstić information content (AvgIpc) is 3.26. The van der Waals surface area contributed by atoms with Crippen LogP contribution in [0.2, 0.25) is 0 Å². The Hall–Kier alpha value is -3.00. The predicted octanol–water partition coefficient (Wildman–Crippen LogP) is 2.82. The van der Waals surface area contributed by atoms with Crippen LogP contribution in [-0.4, -0.2) is 57.5 Å². The van der Waals surface area contributed by atoms with Gasteiger partial charge in [-0.1, -0.05) is 44.0 Å². The van der Waals surface area contributed by atoms with Crippen LogP contribution in [0.5, 0.6) is 0 Å². The number of carbonyl (C=O) groups excluding carboxylic acids is 3. The second-order valence-corrected chi connectivity index (χ2v) is 7.63. The van der Waals surface area contributed by atoms with E-state index in [1.54, 1.807) is 11.1 Å². The molecule has 1 fully saturated rings. The van der Waals surface area contributed by atoms with Crippen LogP contribution in [0.1, 0.15) is 39.0 Å². The first-order chi connectivity index (χ1) is 14.5. The van der Waals surface area contributed by atoms with Gasteiger partial charge in [0.1, 0.15) is 11.9 Å². The number of likely N-dealkylation sites (tertiary alicyclic amines) is 1. The van der Waals surface area contributed by atoms with E-state index in [0.29, 0.717) is 36.7 Å². The van der Waals surface area contributed by atoms with Crippen LogP contribution in [-0.2, 0) is 14.4 Å². The fraction of sp³-hybridized carbons (Fsp3) is 0.455. The number of carbonyl (C=O) groups is 3. The van der Waals surface area contributed by atoms with Gasteiger partial charge < -0.3 is 10.2 Å². The molecule has 2 atom stereocenters. The van der Waals surface area contributed by atoms with E-state index in [-0.39, 0.29) is 18.4 Å². The minimum Gasteiger partial charge on any atom is -0.330 e. The Labute approximate surface area is 175 Å². The summed E-state index contributed by atoms with van der Waals surface area (Å²) < 4.78 is 0. The van der Waals surface area contributed by atoms with E-state index in [1.165, 1.54) is 0 Å². The number of benzene rings is 1. The summed E-state index contributed by atoms with van der Waals surface area (Å²) in [6.45, 7) is 2.42. The number of hydrogen-bond acceptors (Lipinski definition) is 5. The van der Waals surface area contributed by atoms with Gasteiger partial charge in [0.25, 0.3) is 0 Å². The summed E-state index contributed by atoms with van der Waals surface area (Å²) in [7, 11) is 0. The van der Waals surface area contributed by atoms with E-state index in [4.69, 9.17) is 0 Å². The van der Waals surface area contributed by atoms with E-state index < -0.39 is 12.0 Å². The Balaban J connectivity index is 1.75. The van der Waals surface area contributed by atoms with E-state index in [2.05, 4.69) is 10.3 Å².